The molecule has 3 nitrogen and oxygen atoms in total. The van der Waals surface area contributed by atoms with Gasteiger partial charge >= 0.3 is 0 Å². The van der Waals surface area contributed by atoms with E-state index in [4.69, 9.17) is 0 Å². The van der Waals surface area contributed by atoms with Gasteiger partial charge in [-0.3, -0.25) is 10.2 Å². The Hall–Kier alpha value is -2.13. The van der Waals surface area contributed by atoms with E-state index in [1.165, 1.54) is 16.3 Å². The summed E-state index contributed by atoms with van der Waals surface area (Å²) in [4.78, 5) is 12.1. The lowest BCUT2D eigenvalue weighted by Crippen LogP contribution is -2.38. The van der Waals surface area contributed by atoms with Crippen LogP contribution in [0.2, 0.25) is 0 Å². The third-order valence-corrected chi connectivity index (χ3v) is 4.38. The highest BCUT2D eigenvalue weighted by molar-refractivity contribution is 6.04. The van der Waals surface area contributed by atoms with Crippen molar-refractivity contribution in [3.05, 3.63) is 53.1 Å². The first-order valence-corrected chi connectivity index (χ1v) is 8.19. The van der Waals surface area contributed by atoms with Gasteiger partial charge in [0, 0.05) is 5.57 Å². The van der Waals surface area contributed by atoms with Crippen LogP contribution in [0.1, 0.15) is 38.8 Å². The fourth-order valence-corrected chi connectivity index (χ4v) is 3.16. The van der Waals surface area contributed by atoms with Crippen molar-refractivity contribution in [3.8, 4) is 0 Å². The van der Waals surface area contributed by atoms with Crippen molar-refractivity contribution < 1.29 is 4.79 Å². The van der Waals surface area contributed by atoms with E-state index in [-0.39, 0.29) is 11.4 Å². The molecule has 0 atom stereocenters. The molecule has 2 N–H and O–H groups in total. The van der Waals surface area contributed by atoms with Crippen molar-refractivity contribution in [1.29, 1.82) is 0 Å². The van der Waals surface area contributed by atoms with Gasteiger partial charge in [-0.15, -0.1) is 0 Å². The molecule has 0 bridgehead atoms. The van der Waals surface area contributed by atoms with Crippen LogP contribution in [0.15, 0.2) is 42.0 Å². The van der Waals surface area contributed by atoms with Gasteiger partial charge in [0.2, 0.25) is 0 Å². The Morgan fingerprint density at radius 2 is 1.78 bits per heavy atom. The Balaban J connectivity index is 2.15. The standard InChI is InChI=1S/C20H24N2O/c1-13(2)11-14-9-10-15(17-8-6-5-7-16(14)17)12-18-19(23)21-22-20(18,3)4/h5-10,12-13,22H,11H2,1-4H3,(H,21,23)/b18-12+. The highest BCUT2D eigenvalue weighted by Gasteiger charge is 2.35. The van der Waals surface area contributed by atoms with Gasteiger partial charge in [-0.2, -0.15) is 0 Å². The molecule has 0 aliphatic carbocycles. The molecule has 120 valence electrons. The van der Waals surface area contributed by atoms with E-state index < -0.39 is 0 Å². The van der Waals surface area contributed by atoms with Crippen LogP contribution in [0.5, 0.6) is 0 Å². The van der Waals surface area contributed by atoms with E-state index in [2.05, 4.69) is 61.1 Å². The lowest BCUT2D eigenvalue weighted by molar-refractivity contribution is -0.116. The maximum atomic E-state index is 12.1. The summed E-state index contributed by atoms with van der Waals surface area (Å²) in [6.07, 6.45) is 3.07. The number of carbonyl (C=O) groups is 1. The summed E-state index contributed by atoms with van der Waals surface area (Å²) >= 11 is 0. The van der Waals surface area contributed by atoms with Crippen molar-refractivity contribution in [2.24, 2.45) is 5.92 Å². The molecule has 0 spiro atoms. The number of carbonyl (C=O) groups excluding carboxylic acids is 1. The number of amides is 1. The maximum absolute atomic E-state index is 12.1. The van der Waals surface area contributed by atoms with Crippen LogP contribution in [0.3, 0.4) is 0 Å². The van der Waals surface area contributed by atoms with Gasteiger partial charge in [0.15, 0.2) is 0 Å². The summed E-state index contributed by atoms with van der Waals surface area (Å²) in [5.41, 5.74) is 8.60. The molecule has 23 heavy (non-hydrogen) atoms. The number of benzene rings is 2. The largest absolute Gasteiger partial charge is 0.287 e. The Morgan fingerprint density at radius 3 is 2.39 bits per heavy atom. The van der Waals surface area contributed by atoms with Crippen molar-refractivity contribution in [2.75, 3.05) is 0 Å². The Kier molecular flexibility index (Phi) is 3.99. The summed E-state index contributed by atoms with van der Waals surface area (Å²) in [7, 11) is 0. The highest BCUT2D eigenvalue weighted by atomic mass is 16.2. The summed E-state index contributed by atoms with van der Waals surface area (Å²) in [5.74, 6) is 0.566. The van der Waals surface area contributed by atoms with Crippen LogP contribution in [0.25, 0.3) is 16.8 Å². The molecular weight excluding hydrogens is 284 g/mol. The lowest BCUT2D eigenvalue weighted by atomic mass is 9.90. The smallest absolute Gasteiger partial charge is 0.263 e. The number of hydrogen-bond acceptors (Lipinski definition) is 2. The minimum atomic E-state index is -0.366. The second-order valence-corrected chi connectivity index (χ2v) is 7.22. The quantitative estimate of drug-likeness (QED) is 0.846. The van der Waals surface area contributed by atoms with Crippen molar-refractivity contribution in [3.63, 3.8) is 0 Å². The fourth-order valence-electron chi connectivity index (χ4n) is 3.16. The van der Waals surface area contributed by atoms with Crippen molar-refractivity contribution >= 4 is 22.8 Å². The zero-order valence-corrected chi connectivity index (χ0v) is 14.2. The van der Waals surface area contributed by atoms with Gasteiger partial charge in [-0.1, -0.05) is 50.2 Å². The normalized spacial score (nSPS) is 18.8. The van der Waals surface area contributed by atoms with E-state index in [9.17, 15) is 4.79 Å². The monoisotopic (exact) mass is 308 g/mol. The summed E-state index contributed by atoms with van der Waals surface area (Å²) in [6.45, 7) is 8.49. The molecule has 1 aliphatic rings. The van der Waals surface area contributed by atoms with Gasteiger partial charge in [0.25, 0.3) is 5.91 Å². The van der Waals surface area contributed by atoms with Crippen LogP contribution < -0.4 is 10.9 Å². The van der Waals surface area contributed by atoms with Crippen LogP contribution in [0.4, 0.5) is 0 Å². The first-order valence-electron chi connectivity index (χ1n) is 8.19. The van der Waals surface area contributed by atoms with E-state index in [0.29, 0.717) is 5.92 Å². The van der Waals surface area contributed by atoms with Crippen molar-refractivity contribution in [1.82, 2.24) is 10.9 Å². The van der Waals surface area contributed by atoms with Gasteiger partial charge in [-0.05, 0) is 54.2 Å². The van der Waals surface area contributed by atoms with E-state index in [0.717, 1.165) is 17.6 Å². The van der Waals surface area contributed by atoms with E-state index >= 15 is 0 Å². The number of rotatable bonds is 3. The van der Waals surface area contributed by atoms with E-state index in [1.807, 2.05) is 19.9 Å². The molecule has 1 heterocycles. The van der Waals surface area contributed by atoms with Crippen LogP contribution in [-0.2, 0) is 11.2 Å². The SMILES string of the molecule is CC(C)Cc1ccc(/C=C2\C(=O)NNC2(C)C)c2ccccc12. The zero-order chi connectivity index (χ0) is 16.6. The second-order valence-electron chi connectivity index (χ2n) is 7.22. The average Bonchev–Trinajstić information content (AvgIpc) is 2.76. The third kappa shape index (κ3) is 3.02. The van der Waals surface area contributed by atoms with Gasteiger partial charge in [-0.25, -0.2) is 5.43 Å². The van der Waals surface area contributed by atoms with Crippen LogP contribution >= 0.6 is 0 Å². The predicted octanol–water partition coefficient (Wildman–Crippen LogP) is 3.83. The fraction of sp³-hybridized carbons (Fsp3) is 0.350. The topological polar surface area (TPSA) is 41.1 Å². The second kappa shape index (κ2) is 5.82. The summed E-state index contributed by atoms with van der Waals surface area (Å²) in [5, 5.41) is 2.48. The number of hydrogen-bond donors (Lipinski definition) is 2. The molecule has 0 aromatic heterocycles. The molecule has 0 radical (unpaired) electrons. The molecule has 0 unspecified atom stereocenters. The minimum Gasteiger partial charge on any atom is -0.287 e. The molecule has 3 rings (SSSR count). The van der Waals surface area contributed by atoms with Gasteiger partial charge in [0.1, 0.15) is 0 Å². The molecule has 1 aliphatic heterocycles. The molecule has 1 fully saturated rings. The minimum absolute atomic E-state index is 0.0506. The molecule has 2 aromatic rings. The van der Waals surface area contributed by atoms with E-state index in [1.54, 1.807) is 0 Å². The lowest BCUT2D eigenvalue weighted by Gasteiger charge is -2.17. The highest BCUT2D eigenvalue weighted by Crippen LogP contribution is 2.29. The summed E-state index contributed by atoms with van der Waals surface area (Å²) in [6, 6.07) is 12.8. The molecule has 2 aromatic carbocycles. The average molecular weight is 308 g/mol. The molecule has 3 heteroatoms. The first kappa shape index (κ1) is 15.8. The third-order valence-electron chi connectivity index (χ3n) is 4.38. The molecule has 1 amide bonds. The number of nitrogens with one attached hydrogen (secondary N) is 2. The first-order chi connectivity index (χ1) is 10.9. The van der Waals surface area contributed by atoms with Gasteiger partial charge < -0.3 is 0 Å². The Labute approximate surface area is 137 Å². The number of fused-ring (bicyclic) bond motifs is 1. The van der Waals surface area contributed by atoms with Crippen LogP contribution in [-0.4, -0.2) is 11.4 Å². The molecule has 1 saturated heterocycles. The van der Waals surface area contributed by atoms with Crippen LogP contribution in [0, 0.1) is 5.92 Å². The Bertz CT molecular complexity index is 787. The number of hydrazine groups is 1. The Morgan fingerprint density at radius 1 is 1.09 bits per heavy atom. The molecular formula is C20H24N2O. The maximum Gasteiger partial charge on any atom is 0.263 e. The zero-order valence-electron chi connectivity index (χ0n) is 14.2. The predicted molar refractivity (Wildman–Crippen MR) is 95.8 cm³/mol. The van der Waals surface area contributed by atoms with Crippen molar-refractivity contribution in [2.45, 2.75) is 39.7 Å². The molecule has 0 saturated carbocycles. The van der Waals surface area contributed by atoms with Gasteiger partial charge in [0.05, 0.1) is 5.54 Å². The summed E-state index contributed by atoms with van der Waals surface area (Å²) < 4.78 is 0.